The van der Waals surface area contributed by atoms with Gasteiger partial charge in [0.25, 0.3) is 0 Å². The van der Waals surface area contributed by atoms with Crippen molar-refractivity contribution in [2.24, 2.45) is 28.7 Å². The lowest BCUT2D eigenvalue weighted by atomic mass is 9.93. The number of carboxylic acids is 1. The number of allylic oxidation sites excluding steroid dienone is 3. The first kappa shape index (κ1) is 31.8. The molecule has 244 valence electrons. The van der Waals surface area contributed by atoms with Crippen LogP contribution in [0.3, 0.4) is 0 Å². The van der Waals surface area contributed by atoms with Crippen LogP contribution in [0.2, 0.25) is 0 Å². The van der Waals surface area contributed by atoms with Crippen molar-refractivity contribution in [2.75, 3.05) is 13.7 Å². The second-order valence-corrected chi connectivity index (χ2v) is 13.4. The van der Waals surface area contributed by atoms with Gasteiger partial charge in [-0.3, -0.25) is 14.6 Å². The largest absolute Gasteiger partial charge is 0.496 e. The Kier molecular flexibility index (Phi) is 8.90. The SMILES string of the molecule is COc1ccc2c(O[C@H]3C[C@H]4C(=O)NCCCCC/C=C\[C@@H]5C[C@@]5(C(=O)O)NC(=O)[C@@H]4C3)cc(C3=NC(C(C)C)=CC3)nc2c1C. The van der Waals surface area contributed by atoms with Crippen LogP contribution in [-0.2, 0) is 14.4 Å². The average Bonchev–Trinajstić information content (AvgIpc) is 3.33. The standard InChI is InChI=1S/C36H44N4O6/c1-20(2)27-12-13-28(38-27)29-18-31(24-11-14-30(45-4)21(3)32(24)39-29)46-23-16-25-26(17-23)34(42)40-36(35(43)44)19-22(36)10-8-6-5-7-9-15-37-33(25)41/h8,10-12,14,18,20,22-23,25-26H,5-7,9,13,15-17,19H2,1-4H3,(H,37,41)(H,40,42)(H,43,44)/b10-8-/t22-,23+,25-,26-,36-/m1/s1. The molecule has 3 heterocycles. The van der Waals surface area contributed by atoms with Crippen LogP contribution in [0.4, 0.5) is 0 Å². The molecule has 2 aromatic rings. The summed E-state index contributed by atoms with van der Waals surface area (Å²) in [4.78, 5) is 49.5. The molecule has 4 aliphatic rings. The van der Waals surface area contributed by atoms with Crippen LogP contribution in [-0.4, -0.2) is 58.9 Å². The summed E-state index contributed by atoms with van der Waals surface area (Å²) in [5.41, 5.74) is 2.89. The number of fused-ring (bicyclic) bond motifs is 3. The zero-order valence-electron chi connectivity index (χ0n) is 27.1. The first-order valence-electron chi connectivity index (χ1n) is 16.5. The summed E-state index contributed by atoms with van der Waals surface area (Å²) in [6.07, 6.45) is 10.9. The number of ether oxygens (including phenoxy) is 2. The van der Waals surface area contributed by atoms with Crippen molar-refractivity contribution in [1.29, 1.82) is 0 Å². The Bertz CT molecular complexity index is 1640. The van der Waals surface area contributed by atoms with Gasteiger partial charge in [-0.15, -0.1) is 0 Å². The van der Waals surface area contributed by atoms with E-state index in [0.29, 0.717) is 48.9 Å². The topological polar surface area (TPSA) is 139 Å². The van der Waals surface area contributed by atoms with Gasteiger partial charge in [0.15, 0.2) is 0 Å². The molecule has 0 spiro atoms. The summed E-state index contributed by atoms with van der Waals surface area (Å²) >= 11 is 0. The van der Waals surface area contributed by atoms with Gasteiger partial charge in [0.1, 0.15) is 23.1 Å². The van der Waals surface area contributed by atoms with E-state index in [1.807, 2.05) is 37.3 Å². The van der Waals surface area contributed by atoms with Crippen LogP contribution < -0.4 is 20.1 Å². The maximum absolute atomic E-state index is 13.8. The third kappa shape index (κ3) is 6.13. The minimum Gasteiger partial charge on any atom is -0.496 e. The zero-order chi connectivity index (χ0) is 32.6. The highest BCUT2D eigenvalue weighted by Crippen LogP contribution is 2.46. The number of pyridine rings is 1. The van der Waals surface area contributed by atoms with Gasteiger partial charge in [-0.2, -0.15) is 0 Å². The predicted molar refractivity (Wildman–Crippen MR) is 175 cm³/mol. The highest BCUT2D eigenvalue weighted by molar-refractivity contribution is 6.05. The lowest BCUT2D eigenvalue weighted by Gasteiger charge is -2.21. The lowest BCUT2D eigenvalue weighted by molar-refractivity contribution is -0.144. The minimum atomic E-state index is -1.33. The normalized spacial score (nSPS) is 29.0. The molecule has 2 fully saturated rings. The van der Waals surface area contributed by atoms with Gasteiger partial charge in [-0.05, 0) is 63.5 Å². The van der Waals surface area contributed by atoms with E-state index in [9.17, 15) is 19.5 Å². The molecule has 2 saturated carbocycles. The Morgan fingerprint density at radius 3 is 2.59 bits per heavy atom. The Morgan fingerprint density at radius 2 is 1.87 bits per heavy atom. The van der Waals surface area contributed by atoms with Gasteiger partial charge in [0.2, 0.25) is 11.8 Å². The molecule has 6 rings (SSSR count). The van der Waals surface area contributed by atoms with Crippen LogP contribution >= 0.6 is 0 Å². The number of nitrogens with zero attached hydrogens (tertiary/aromatic N) is 2. The average molecular weight is 629 g/mol. The zero-order valence-corrected chi connectivity index (χ0v) is 27.1. The van der Waals surface area contributed by atoms with Gasteiger partial charge in [-0.25, -0.2) is 9.78 Å². The van der Waals surface area contributed by atoms with Crippen molar-refractivity contribution in [2.45, 2.75) is 83.8 Å². The Labute approximate surface area is 269 Å². The molecule has 1 aromatic heterocycles. The summed E-state index contributed by atoms with van der Waals surface area (Å²) in [7, 11) is 1.63. The quantitative estimate of drug-likeness (QED) is 0.371. The smallest absolute Gasteiger partial charge is 0.330 e. The Balaban J connectivity index is 1.31. The summed E-state index contributed by atoms with van der Waals surface area (Å²) < 4.78 is 12.3. The number of rotatable bonds is 6. The fraction of sp³-hybridized carbons (Fsp3) is 0.528. The molecule has 0 bridgehead atoms. The summed E-state index contributed by atoms with van der Waals surface area (Å²) in [6.45, 7) is 6.73. The number of carboxylic acid groups (broad SMARTS) is 1. The van der Waals surface area contributed by atoms with Crippen molar-refractivity contribution in [3.05, 3.63) is 53.4 Å². The van der Waals surface area contributed by atoms with Gasteiger partial charge in [0.05, 0.1) is 35.9 Å². The monoisotopic (exact) mass is 628 g/mol. The van der Waals surface area contributed by atoms with E-state index in [1.165, 1.54) is 0 Å². The van der Waals surface area contributed by atoms with Crippen molar-refractivity contribution in [3.63, 3.8) is 0 Å². The fourth-order valence-corrected chi connectivity index (χ4v) is 7.11. The molecular weight excluding hydrogens is 584 g/mol. The van der Waals surface area contributed by atoms with E-state index < -0.39 is 35.4 Å². The minimum absolute atomic E-state index is 0.190. The van der Waals surface area contributed by atoms with Crippen molar-refractivity contribution in [3.8, 4) is 11.5 Å². The second kappa shape index (κ2) is 12.9. The van der Waals surface area contributed by atoms with Crippen LogP contribution in [0.1, 0.15) is 76.5 Å². The summed E-state index contributed by atoms with van der Waals surface area (Å²) in [6, 6.07) is 5.72. The van der Waals surface area contributed by atoms with E-state index >= 15 is 0 Å². The van der Waals surface area contributed by atoms with Crippen molar-refractivity contribution < 1.29 is 29.0 Å². The number of aromatic nitrogens is 1. The number of amides is 2. The number of carbonyl (C=O) groups excluding carboxylic acids is 2. The van der Waals surface area contributed by atoms with E-state index in [4.69, 9.17) is 19.5 Å². The molecule has 2 aliphatic heterocycles. The van der Waals surface area contributed by atoms with Gasteiger partial charge in [0, 0.05) is 41.6 Å². The molecule has 0 radical (unpaired) electrons. The maximum Gasteiger partial charge on any atom is 0.330 e. The fourth-order valence-electron chi connectivity index (χ4n) is 7.11. The number of methoxy groups -OCH3 is 1. The number of aliphatic carboxylic acids is 1. The number of carbonyl (C=O) groups is 3. The number of hydrogen-bond acceptors (Lipinski definition) is 7. The van der Waals surface area contributed by atoms with Crippen molar-refractivity contribution >= 4 is 34.4 Å². The first-order chi connectivity index (χ1) is 22.1. The maximum atomic E-state index is 13.8. The molecule has 0 saturated heterocycles. The molecule has 0 unspecified atom stereocenters. The van der Waals surface area contributed by atoms with Crippen LogP contribution in [0.25, 0.3) is 10.9 Å². The van der Waals surface area contributed by atoms with Crippen LogP contribution in [0.15, 0.2) is 47.1 Å². The molecule has 10 nitrogen and oxygen atoms in total. The third-order valence-corrected chi connectivity index (χ3v) is 9.97. The lowest BCUT2D eigenvalue weighted by Crippen LogP contribution is -2.49. The molecule has 1 aromatic carbocycles. The van der Waals surface area contributed by atoms with Gasteiger partial charge >= 0.3 is 5.97 Å². The molecular formula is C36H44N4O6. The van der Waals surface area contributed by atoms with E-state index in [1.54, 1.807) is 7.11 Å². The van der Waals surface area contributed by atoms with Crippen LogP contribution in [0.5, 0.6) is 11.5 Å². The van der Waals surface area contributed by atoms with Crippen LogP contribution in [0, 0.1) is 30.6 Å². The number of benzene rings is 1. The molecule has 2 amide bonds. The molecule has 10 heteroatoms. The summed E-state index contributed by atoms with van der Waals surface area (Å²) in [5.74, 6) is -1.64. The number of aliphatic imine (C=N–C) groups is 1. The Morgan fingerprint density at radius 1 is 1.09 bits per heavy atom. The highest BCUT2D eigenvalue weighted by Gasteiger charge is 2.61. The van der Waals surface area contributed by atoms with E-state index in [0.717, 1.165) is 53.6 Å². The second-order valence-electron chi connectivity index (χ2n) is 13.4. The summed E-state index contributed by atoms with van der Waals surface area (Å²) in [5, 5.41) is 16.8. The molecule has 5 atom stereocenters. The van der Waals surface area contributed by atoms with E-state index in [-0.39, 0.29) is 18.2 Å². The first-order valence-corrected chi connectivity index (χ1v) is 16.5. The number of nitrogens with one attached hydrogen (secondary N) is 2. The predicted octanol–water partition coefficient (Wildman–Crippen LogP) is 5.26. The third-order valence-electron chi connectivity index (χ3n) is 9.97. The van der Waals surface area contributed by atoms with Gasteiger partial charge in [-0.1, -0.05) is 38.5 Å². The van der Waals surface area contributed by atoms with Crippen molar-refractivity contribution in [1.82, 2.24) is 15.6 Å². The molecule has 2 aliphatic carbocycles. The molecule has 46 heavy (non-hydrogen) atoms. The number of hydrogen-bond donors (Lipinski definition) is 3. The van der Waals surface area contributed by atoms with E-state index in [2.05, 4.69) is 30.6 Å². The number of aryl methyl sites for hydroxylation is 1. The highest BCUT2D eigenvalue weighted by atomic mass is 16.5. The van der Waals surface area contributed by atoms with Gasteiger partial charge < -0.3 is 25.2 Å². The molecule has 3 N–H and O–H groups in total. The Hall–Kier alpha value is -4.21.